The molecule has 1 amide bonds. The van der Waals surface area contributed by atoms with Crippen molar-refractivity contribution in [1.29, 1.82) is 0 Å². The van der Waals surface area contributed by atoms with Gasteiger partial charge in [0.2, 0.25) is 0 Å². The molecule has 1 atom stereocenters. The van der Waals surface area contributed by atoms with Crippen molar-refractivity contribution in [2.75, 3.05) is 17.2 Å². The number of hydrogen-bond donors (Lipinski definition) is 2. The summed E-state index contributed by atoms with van der Waals surface area (Å²) in [6.07, 6.45) is 1.01. The van der Waals surface area contributed by atoms with Crippen molar-refractivity contribution in [3.8, 4) is 0 Å². The minimum atomic E-state index is -0.481. The van der Waals surface area contributed by atoms with Gasteiger partial charge in [-0.2, -0.15) is 0 Å². The molecule has 4 N–H and O–H groups in total. The zero-order valence-corrected chi connectivity index (χ0v) is 12.1. The van der Waals surface area contributed by atoms with Crippen LogP contribution in [0.4, 0.5) is 11.4 Å². The summed E-state index contributed by atoms with van der Waals surface area (Å²) in [6, 6.07) is 7.89. The molecular weight excluding hydrogens is 270 g/mol. The molecule has 2 heterocycles. The van der Waals surface area contributed by atoms with E-state index >= 15 is 0 Å². The summed E-state index contributed by atoms with van der Waals surface area (Å²) in [5, 5.41) is 2.13. The van der Waals surface area contributed by atoms with E-state index in [-0.39, 0.29) is 6.04 Å². The average molecular weight is 287 g/mol. The summed E-state index contributed by atoms with van der Waals surface area (Å²) in [5.41, 5.74) is 14.6. The molecule has 0 saturated heterocycles. The van der Waals surface area contributed by atoms with Crippen LogP contribution in [-0.4, -0.2) is 12.5 Å². The summed E-state index contributed by atoms with van der Waals surface area (Å²) >= 11 is 1.81. The molecule has 1 aromatic carbocycles. The first-order valence-corrected chi connectivity index (χ1v) is 7.48. The van der Waals surface area contributed by atoms with Crippen LogP contribution < -0.4 is 16.4 Å². The van der Waals surface area contributed by atoms with Crippen LogP contribution in [0.5, 0.6) is 0 Å². The molecule has 1 aliphatic heterocycles. The molecular formula is C15H17N3OS. The number of nitrogens with two attached hydrogens (primary N) is 2. The molecule has 3 rings (SSSR count). The van der Waals surface area contributed by atoms with Gasteiger partial charge in [-0.15, -0.1) is 11.3 Å². The largest absolute Gasteiger partial charge is 0.396 e. The van der Waals surface area contributed by atoms with E-state index in [2.05, 4.69) is 23.3 Å². The second-order valence-electron chi connectivity index (χ2n) is 5.02. The summed E-state index contributed by atoms with van der Waals surface area (Å²) in [6.45, 7) is 3.07. The molecule has 0 aliphatic carbocycles. The number of nitrogens with zero attached hydrogens (tertiary/aromatic N) is 1. The number of carbonyl (C=O) groups is 1. The number of rotatable bonds is 2. The highest BCUT2D eigenvalue weighted by Gasteiger charge is 2.26. The molecule has 2 aromatic rings. The van der Waals surface area contributed by atoms with Crippen LogP contribution in [0.2, 0.25) is 0 Å². The van der Waals surface area contributed by atoms with Gasteiger partial charge in [0, 0.05) is 11.4 Å². The number of primary amides is 1. The maximum Gasteiger partial charge on any atom is 0.250 e. The first kappa shape index (κ1) is 13.0. The highest BCUT2D eigenvalue weighted by Crippen LogP contribution is 2.38. The van der Waals surface area contributed by atoms with Crippen molar-refractivity contribution in [2.45, 2.75) is 19.4 Å². The third-order valence-corrected chi connectivity index (χ3v) is 4.93. The molecule has 5 heteroatoms. The Morgan fingerprint density at radius 1 is 1.40 bits per heavy atom. The quantitative estimate of drug-likeness (QED) is 0.834. The van der Waals surface area contributed by atoms with Gasteiger partial charge in [0.05, 0.1) is 23.0 Å². The third kappa shape index (κ3) is 1.94. The normalized spacial score (nSPS) is 17.9. The number of amides is 1. The SMILES string of the molecule is CC1c2ccsc2CCN1c1cccc(C(N)=O)c1N. The van der Waals surface area contributed by atoms with Crippen LogP contribution in [0, 0.1) is 0 Å². The molecule has 0 spiro atoms. The van der Waals surface area contributed by atoms with Gasteiger partial charge in [-0.3, -0.25) is 4.79 Å². The Kier molecular flexibility index (Phi) is 3.14. The van der Waals surface area contributed by atoms with Crippen LogP contribution in [0.3, 0.4) is 0 Å². The summed E-state index contributed by atoms with van der Waals surface area (Å²) in [7, 11) is 0. The van der Waals surface area contributed by atoms with Crippen molar-refractivity contribution in [3.05, 3.63) is 45.6 Å². The molecule has 0 fully saturated rings. The lowest BCUT2D eigenvalue weighted by molar-refractivity contribution is 0.100. The Morgan fingerprint density at radius 3 is 2.95 bits per heavy atom. The monoisotopic (exact) mass is 287 g/mol. The zero-order chi connectivity index (χ0) is 14.3. The number of fused-ring (bicyclic) bond motifs is 1. The van der Waals surface area contributed by atoms with Crippen molar-refractivity contribution in [3.63, 3.8) is 0 Å². The molecule has 20 heavy (non-hydrogen) atoms. The first-order valence-electron chi connectivity index (χ1n) is 6.60. The fourth-order valence-corrected chi connectivity index (χ4v) is 3.82. The lowest BCUT2D eigenvalue weighted by Crippen LogP contribution is -2.34. The molecule has 1 aliphatic rings. The fourth-order valence-electron chi connectivity index (χ4n) is 2.86. The molecule has 0 bridgehead atoms. The van der Waals surface area contributed by atoms with Gasteiger partial charge in [0.1, 0.15) is 0 Å². The summed E-state index contributed by atoms with van der Waals surface area (Å²) in [5.74, 6) is -0.481. The number of para-hydroxylation sites is 1. The van der Waals surface area contributed by atoms with Gasteiger partial charge in [0.15, 0.2) is 0 Å². The summed E-state index contributed by atoms with van der Waals surface area (Å²) < 4.78 is 0. The Morgan fingerprint density at radius 2 is 2.20 bits per heavy atom. The van der Waals surface area contributed by atoms with E-state index in [0.717, 1.165) is 18.7 Å². The lowest BCUT2D eigenvalue weighted by Gasteiger charge is -2.36. The molecule has 104 valence electrons. The Balaban J connectivity index is 2.03. The molecule has 0 radical (unpaired) electrons. The third-order valence-electron chi connectivity index (χ3n) is 3.94. The van der Waals surface area contributed by atoms with E-state index in [4.69, 9.17) is 11.5 Å². The molecule has 1 aromatic heterocycles. The number of carbonyl (C=O) groups excluding carboxylic acids is 1. The standard InChI is InChI=1S/C15H17N3OS/c1-9-10-6-8-20-13(10)5-7-18(9)12-4-2-3-11(14(12)16)15(17)19/h2-4,6,8-9H,5,7,16H2,1H3,(H2,17,19). The lowest BCUT2D eigenvalue weighted by atomic mass is 9.99. The highest BCUT2D eigenvalue weighted by molar-refractivity contribution is 7.10. The van der Waals surface area contributed by atoms with Crippen LogP contribution in [0.15, 0.2) is 29.6 Å². The zero-order valence-electron chi connectivity index (χ0n) is 11.3. The van der Waals surface area contributed by atoms with Crippen molar-refractivity contribution in [1.82, 2.24) is 0 Å². The van der Waals surface area contributed by atoms with E-state index in [1.54, 1.807) is 17.4 Å². The maximum atomic E-state index is 11.4. The van der Waals surface area contributed by atoms with E-state index in [0.29, 0.717) is 11.3 Å². The van der Waals surface area contributed by atoms with E-state index in [1.165, 1.54) is 10.4 Å². The van der Waals surface area contributed by atoms with Gasteiger partial charge in [-0.05, 0) is 42.5 Å². The second-order valence-corrected chi connectivity index (χ2v) is 6.02. The van der Waals surface area contributed by atoms with Crippen molar-refractivity contribution in [2.24, 2.45) is 5.73 Å². The van der Waals surface area contributed by atoms with Crippen LogP contribution in [0.25, 0.3) is 0 Å². The predicted octanol–water partition coefficient (Wildman–Crippen LogP) is 2.55. The van der Waals surface area contributed by atoms with Gasteiger partial charge in [0.25, 0.3) is 5.91 Å². The molecule has 0 saturated carbocycles. The molecule has 4 nitrogen and oxygen atoms in total. The second kappa shape index (κ2) is 4.83. The topological polar surface area (TPSA) is 72.3 Å². The summed E-state index contributed by atoms with van der Waals surface area (Å²) in [4.78, 5) is 15.1. The van der Waals surface area contributed by atoms with Crippen LogP contribution in [0.1, 0.15) is 33.8 Å². The van der Waals surface area contributed by atoms with E-state index < -0.39 is 5.91 Å². The first-order chi connectivity index (χ1) is 9.59. The Hall–Kier alpha value is -2.01. The van der Waals surface area contributed by atoms with E-state index in [9.17, 15) is 4.79 Å². The van der Waals surface area contributed by atoms with Crippen molar-refractivity contribution >= 4 is 28.6 Å². The van der Waals surface area contributed by atoms with Crippen LogP contribution >= 0.6 is 11.3 Å². The van der Waals surface area contributed by atoms with Gasteiger partial charge < -0.3 is 16.4 Å². The minimum Gasteiger partial charge on any atom is -0.396 e. The van der Waals surface area contributed by atoms with Gasteiger partial charge >= 0.3 is 0 Å². The van der Waals surface area contributed by atoms with Gasteiger partial charge in [-0.25, -0.2) is 0 Å². The smallest absolute Gasteiger partial charge is 0.250 e. The fraction of sp³-hybridized carbons (Fsp3) is 0.267. The predicted molar refractivity (Wildman–Crippen MR) is 83.2 cm³/mol. The Labute approximate surface area is 122 Å². The highest BCUT2D eigenvalue weighted by atomic mass is 32.1. The number of hydrogen-bond acceptors (Lipinski definition) is 4. The number of anilines is 2. The number of benzene rings is 1. The maximum absolute atomic E-state index is 11.4. The molecule has 1 unspecified atom stereocenters. The van der Waals surface area contributed by atoms with Gasteiger partial charge in [-0.1, -0.05) is 6.07 Å². The number of nitrogen functional groups attached to an aromatic ring is 1. The average Bonchev–Trinajstić information content (AvgIpc) is 2.89. The Bertz CT molecular complexity index is 665. The van der Waals surface area contributed by atoms with Crippen molar-refractivity contribution < 1.29 is 4.79 Å². The van der Waals surface area contributed by atoms with E-state index in [1.807, 2.05) is 12.1 Å². The number of thiophene rings is 1. The minimum absolute atomic E-state index is 0.260. The van der Waals surface area contributed by atoms with Crippen LogP contribution in [-0.2, 0) is 6.42 Å².